The summed E-state index contributed by atoms with van der Waals surface area (Å²) in [5.41, 5.74) is 1.03. The van der Waals surface area contributed by atoms with Crippen molar-refractivity contribution < 1.29 is 9.53 Å². The first-order valence-electron chi connectivity index (χ1n) is 6.89. The third-order valence-electron chi connectivity index (χ3n) is 3.62. The average molecular weight is 263 g/mol. The second kappa shape index (κ2) is 6.50. The summed E-state index contributed by atoms with van der Waals surface area (Å²) in [7, 11) is 1.44. The number of carbonyl (C=O) groups is 1. The summed E-state index contributed by atoms with van der Waals surface area (Å²) >= 11 is 0. The molecule has 0 amide bonds. The van der Waals surface area contributed by atoms with Crippen molar-refractivity contribution >= 4 is 11.8 Å². The number of hydrogen-bond donors (Lipinski definition) is 0. The van der Waals surface area contributed by atoms with Gasteiger partial charge in [0.05, 0.1) is 13.5 Å². The molecule has 0 spiro atoms. The van der Waals surface area contributed by atoms with Gasteiger partial charge in [-0.15, -0.1) is 0 Å². The van der Waals surface area contributed by atoms with Gasteiger partial charge in [-0.25, -0.2) is 9.97 Å². The van der Waals surface area contributed by atoms with Crippen molar-refractivity contribution in [2.45, 2.75) is 45.1 Å². The van der Waals surface area contributed by atoms with Crippen LogP contribution in [0.3, 0.4) is 0 Å². The highest BCUT2D eigenvalue weighted by Crippen LogP contribution is 2.25. The van der Waals surface area contributed by atoms with Crippen LogP contribution in [0.15, 0.2) is 12.4 Å². The molecule has 0 aliphatic carbocycles. The van der Waals surface area contributed by atoms with Crippen LogP contribution in [0.4, 0.5) is 5.82 Å². The smallest absolute Gasteiger partial charge is 0.307 e. The van der Waals surface area contributed by atoms with Crippen LogP contribution in [-0.4, -0.2) is 35.6 Å². The Labute approximate surface area is 114 Å². The Morgan fingerprint density at radius 2 is 2.32 bits per heavy atom. The molecule has 2 heterocycles. The number of aromatic nitrogens is 2. The maximum absolute atomic E-state index is 11.5. The van der Waals surface area contributed by atoms with Crippen molar-refractivity contribution in [1.29, 1.82) is 0 Å². The largest absolute Gasteiger partial charge is 0.469 e. The molecule has 0 radical (unpaired) electrons. The lowest BCUT2D eigenvalue weighted by molar-refractivity contribution is -0.141. The summed E-state index contributed by atoms with van der Waals surface area (Å²) in [6.45, 7) is 3.02. The fraction of sp³-hybridized carbons (Fsp3) is 0.643. The molecular weight excluding hydrogens is 242 g/mol. The van der Waals surface area contributed by atoms with Crippen LogP contribution in [0.1, 0.15) is 38.3 Å². The Bertz CT molecular complexity index is 436. The second-order valence-electron chi connectivity index (χ2n) is 4.84. The number of methoxy groups -OCH3 is 1. The van der Waals surface area contributed by atoms with Gasteiger partial charge < -0.3 is 9.64 Å². The molecule has 1 atom stereocenters. The van der Waals surface area contributed by atoms with Crippen LogP contribution in [0, 0.1) is 0 Å². The number of esters is 1. The Kier molecular flexibility index (Phi) is 4.71. The topological polar surface area (TPSA) is 55.3 Å². The molecule has 0 bridgehead atoms. The first kappa shape index (κ1) is 13.8. The minimum Gasteiger partial charge on any atom is -0.469 e. The molecule has 0 saturated carbocycles. The van der Waals surface area contributed by atoms with E-state index in [0.29, 0.717) is 6.42 Å². The zero-order valence-electron chi connectivity index (χ0n) is 11.6. The molecular formula is C14H21N3O2. The van der Waals surface area contributed by atoms with E-state index in [1.165, 1.54) is 7.11 Å². The van der Waals surface area contributed by atoms with E-state index in [4.69, 9.17) is 4.74 Å². The van der Waals surface area contributed by atoms with E-state index in [-0.39, 0.29) is 12.0 Å². The molecule has 1 aromatic heterocycles. The monoisotopic (exact) mass is 263 g/mol. The van der Waals surface area contributed by atoms with Gasteiger partial charge in [-0.1, -0.05) is 6.92 Å². The molecule has 1 aliphatic rings. The number of carbonyl (C=O) groups excluding carboxylic acids is 1. The second-order valence-corrected chi connectivity index (χ2v) is 4.84. The Balaban J connectivity index is 2.15. The summed E-state index contributed by atoms with van der Waals surface area (Å²) in [6, 6.07) is 2.22. The maximum Gasteiger partial charge on any atom is 0.307 e. The van der Waals surface area contributed by atoms with Crippen molar-refractivity contribution in [2.75, 3.05) is 18.6 Å². The standard InChI is InChI=1S/C14H21N3O2/c1-3-11-8-13(16-10-15-11)17-7-5-4-6-12(17)9-14(18)19-2/h8,10,12H,3-7,9H2,1-2H3. The number of hydrogen-bond acceptors (Lipinski definition) is 5. The van der Waals surface area contributed by atoms with Crippen LogP contribution >= 0.6 is 0 Å². The third kappa shape index (κ3) is 3.43. The number of aryl methyl sites for hydroxylation is 1. The minimum absolute atomic E-state index is 0.151. The number of anilines is 1. The number of piperidine rings is 1. The first-order chi connectivity index (χ1) is 9.24. The van der Waals surface area contributed by atoms with Gasteiger partial charge in [-0.3, -0.25) is 4.79 Å². The van der Waals surface area contributed by atoms with Crippen molar-refractivity contribution in [1.82, 2.24) is 9.97 Å². The van der Waals surface area contributed by atoms with E-state index in [0.717, 1.165) is 43.7 Å². The number of nitrogens with zero attached hydrogens (tertiary/aromatic N) is 3. The normalized spacial score (nSPS) is 19.3. The van der Waals surface area contributed by atoms with Crippen LogP contribution in [0.25, 0.3) is 0 Å². The SMILES string of the molecule is CCc1cc(N2CCCCC2CC(=O)OC)ncn1. The van der Waals surface area contributed by atoms with Crippen LogP contribution in [0.5, 0.6) is 0 Å². The lowest BCUT2D eigenvalue weighted by atomic mass is 9.99. The fourth-order valence-electron chi connectivity index (χ4n) is 2.53. The number of rotatable bonds is 4. The van der Waals surface area contributed by atoms with Gasteiger partial charge in [0.1, 0.15) is 12.1 Å². The van der Waals surface area contributed by atoms with Crippen LogP contribution < -0.4 is 4.90 Å². The summed E-state index contributed by atoms with van der Waals surface area (Å²) < 4.78 is 4.78. The molecule has 1 unspecified atom stereocenters. The van der Waals surface area contributed by atoms with E-state index in [1.807, 2.05) is 6.07 Å². The Hall–Kier alpha value is -1.65. The lowest BCUT2D eigenvalue weighted by Gasteiger charge is -2.36. The van der Waals surface area contributed by atoms with E-state index >= 15 is 0 Å². The predicted octanol–water partition coefficient (Wildman–Crippen LogP) is 1.96. The number of ether oxygens (including phenoxy) is 1. The molecule has 1 aromatic rings. The first-order valence-corrected chi connectivity index (χ1v) is 6.89. The molecule has 104 valence electrons. The highest BCUT2D eigenvalue weighted by molar-refractivity contribution is 5.70. The molecule has 1 aliphatic heterocycles. The molecule has 19 heavy (non-hydrogen) atoms. The molecule has 0 aromatic carbocycles. The maximum atomic E-state index is 11.5. The molecule has 1 fully saturated rings. The average Bonchev–Trinajstić information content (AvgIpc) is 2.47. The third-order valence-corrected chi connectivity index (χ3v) is 3.62. The van der Waals surface area contributed by atoms with Gasteiger partial charge in [0.2, 0.25) is 0 Å². The van der Waals surface area contributed by atoms with Gasteiger partial charge >= 0.3 is 5.97 Å². The quantitative estimate of drug-likeness (QED) is 0.777. The van der Waals surface area contributed by atoms with Gasteiger partial charge in [-0.2, -0.15) is 0 Å². The van der Waals surface area contributed by atoms with Crippen LogP contribution in [0.2, 0.25) is 0 Å². The fourth-order valence-corrected chi connectivity index (χ4v) is 2.53. The van der Waals surface area contributed by atoms with Gasteiger partial charge in [0, 0.05) is 24.3 Å². The van der Waals surface area contributed by atoms with Gasteiger partial charge in [0.25, 0.3) is 0 Å². The molecule has 2 rings (SSSR count). The van der Waals surface area contributed by atoms with Crippen molar-refractivity contribution in [3.8, 4) is 0 Å². The van der Waals surface area contributed by atoms with E-state index in [2.05, 4.69) is 21.8 Å². The zero-order chi connectivity index (χ0) is 13.7. The molecule has 0 N–H and O–H groups in total. The Morgan fingerprint density at radius 1 is 1.47 bits per heavy atom. The molecule has 5 nitrogen and oxygen atoms in total. The lowest BCUT2D eigenvalue weighted by Crippen LogP contribution is -2.41. The molecule has 5 heteroatoms. The summed E-state index contributed by atoms with van der Waals surface area (Å²) in [6.07, 6.45) is 6.25. The van der Waals surface area contributed by atoms with E-state index < -0.39 is 0 Å². The van der Waals surface area contributed by atoms with Gasteiger partial charge in [0.15, 0.2) is 0 Å². The van der Waals surface area contributed by atoms with Crippen molar-refractivity contribution in [2.24, 2.45) is 0 Å². The molecule has 1 saturated heterocycles. The predicted molar refractivity (Wildman–Crippen MR) is 73.0 cm³/mol. The Morgan fingerprint density at radius 3 is 3.05 bits per heavy atom. The van der Waals surface area contributed by atoms with Crippen molar-refractivity contribution in [3.63, 3.8) is 0 Å². The van der Waals surface area contributed by atoms with Crippen LogP contribution in [-0.2, 0) is 16.0 Å². The zero-order valence-corrected chi connectivity index (χ0v) is 11.6. The highest BCUT2D eigenvalue weighted by atomic mass is 16.5. The summed E-state index contributed by atoms with van der Waals surface area (Å²) in [5, 5.41) is 0. The van der Waals surface area contributed by atoms with E-state index in [9.17, 15) is 4.79 Å². The van der Waals surface area contributed by atoms with Crippen molar-refractivity contribution in [3.05, 3.63) is 18.1 Å². The highest BCUT2D eigenvalue weighted by Gasteiger charge is 2.26. The summed E-state index contributed by atoms with van der Waals surface area (Å²) in [5.74, 6) is 0.780. The summed E-state index contributed by atoms with van der Waals surface area (Å²) in [4.78, 5) is 22.3. The van der Waals surface area contributed by atoms with E-state index in [1.54, 1.807) is 6.33 Å². The minimum atomic E-state index is -0.151. The van der Waals surface area contributed by atoms with Gasteiger partial charge in [-0.05, 0) is 25.7 Å².